The fraction of sp³-hybridized carbons (Fsp3) is 0.977. The van der Waals surface area contributed by atoms with Crippen LogP contribution in [0.15, 0.2) is 0 Å². The lowest BCUT2D eigenvalue weighted by molar-refractivity contribution is -0.150. The number of carbonyl (C=O) groups excluding carboxylic acids is 1. The van der Waals surface area contributed by atoms with Crippen LogP contribution in [0.25, 0.3) is 0 Å². The van der Waals surface area contributed by atoms with Gasteiger partial charge in [0.1, 0.15) is 6.10 Å². The molecule has 47 heavy (non-hydrogen) atoms. The van der Waals surface area contributed by atoms with Gasteiger partial charge in [0.05, 0.1) is 0 Å². The van der Waals surface area contributed by atoms with Crippen LogP contribution in [0.4, 0.5) is 0 Å². The average molecular weight is 664 g/mol. The molecule has 0 aliphatic carbocycles. The Morgan fingerprint density at radius 2 is 0.830 bits per heavy atom. The van der Waals surface area contributed by atoms with Crippen LogP contribution in [-0.2, 0) is 9.53 Å². The van der Waals surface area contributed by atoms with Gasteiger partial charge in [0, 0.05) is 12.5 Å². The van der Waals surface area contributed by atoms with Gasteiger partial charge in [0.25, 0.3) is 0 Å². The first kappa shape index (κ1) is 46.4. The van der Waals surface area contributed by atoms with E-state index in [0.717, 1.165) is 31.7 Å². The molecule has 1 atom stereocenters. The highest BCUT2D eigenvalue weighted by atomic mass is 16.5. The smallest absolute Gasteiger partial charge is 0.306 e. The fourth-order valence-corrected chi connectivity index (χ4v) is 7.07. The number of nitrogens with zero attached hydrogens (tertiary/aromatic N) is 1. The Balaban J connectivity index is 4.00. The van der Waals surface area contributed by atoms with E-state index in [1.165, 1.54) is 186 Å². The Kier molecular flexibility index (Phi) is 36.3. The Hall–Kier alpha value is -0.570. The Bertz CT molecular complexity index is 616. The zero-order valence-electron chi connectivity index (χ0n) is 33.5. The quantitative estimate of drug-likeness (QED) is 0.0486. The van der Waals surface area contributed by atoms with Gasteiger partial charge in [-0.3, -0.25) is 4.79 Å². The molecule has 0 aliphatic heterocycles. The van der Waals surface area contributed by atoms with Gasteiger partial charge >= 0.3 is 5.97 Å². The summed E-state index contributed by atoms with van der Waals surface area (Å²) in [5.74, 6) is 1.00. The molecule has 0 amide bonds. The molecule has 0 rings (SSSR count). The predicted molar refractivity (Wildman–Crippen MR) is 211 cm³/mol. The lowest BCUT2D eigenvalue weighted by Crippen LogP contribution is -2.28. The molecule has 0 aromatic heterocycles. The lowest BCUT2D eigenvalue weighted by Gasteiger charge is -2.21. The third-order valence-electron chi connectivity index (χ3n) is 11.0. The Labute approximate surface area is 297 Å². The fourth-order valence-electron chi connectivity index (χ4n) is 7.07. The molecule has 3 nitrogen and oxygen atoms in total. The highest BCUT2D eigenvalue weighted by molar-refractivity contribution is 5.69. The van der Waals surface area contributed by atoms with E-state index in [1.54, 1.807) is 0 Å². The summed E-state index contributed by atoms with van der Waals surface area (Å²) < 4.78 is 6.08. The van der Waals surface area contributed by atoms with Gasteiger partial charge in [-0.25, -0.2) is 0 Å². The minimum Gasteiger partial charge on any atom is -0.462 e. The summed E-state index contributed by atoms with van der Waals surface area (Å²) in [6, 6.07) is 0.526. The van der Waals surface area contributed by atoms with Gasteiger partial charge in [0.15, 0.2) is 0 Å². The zero-order chi connectivity index (χ0) is 34.6. The second-order valence-corrected chi connectivity index (χ2v) is 15.7. The van der Waals surface area contributed by atoms with Crippen LogP contribution in [0, 0.1) is 5.92 Å². The van der Waals surface area contributed by atoms with Gasteiger partial charge in [-0.15, -0.1) is 0 Å². The van der Waals surface area contributed by atoms with Crippen LogP contribution in [0.2, 0.25) is 0 Å². The molecule has 1 unspecified atom stereocenters. The first-order chi connectivity index (χ1) is 22.9. The average Bonchev–Trinajstić information content (AvgIpc) is 3.06. The van der Waals surface area contributed by atoms with Crippen LogP contribution in [-0.4, -0.2) is 36.6 Å². The van der Waals surface area contributed by atoms with Gasteiger partial charge in [-0.2, -0.15) is 0 Å². The van der Waals surface area contributed by atoms with Gasteiger partial charge in [-0.1, -0.05) is 194 Å². The maximum Gasteiger partial charge on any atom is 0.306 e. The molecular weight excluding hydrogens is 574 g/mol. The van der Waals surface area contributed by atoms with Crippen molar-refractivity contribution >= 4 is 5.97 Å². The largest absolute Gasteiger partial charge is 0.462 e. The summed E-state index contributed by atoms with van der Waals surface area (Å²) in [6.45, 7) is 12.4. The van der Waals surface area contributed by atoms with Crippen LogP contribution < -0.4 is 0 Å². The van der Waals surface area contributed by atoms with Crippen LogP contribution >= 0.6 is 0 Å². The van der Waals surface area contributed by atoms with E-state index in [-0.39, 0.29) is 12.1 Å². The van der Waals surface area contributed by atoms with Crippen molar-refractivity contribution in [3.8, 4) is 0 Å². The van der Waals surface area contributed by atoms with Crippen molar-refractivity contribution in [1.29, 1.82) is 0 Å². The van der Waals surface area contributed by atoms with Crippen molar-refractivity contribution in [1.82, 2.24) is 4.90 Å². The molecule has 0 aromatic rings. The van der Waals surface area contributed by atoms with Crippen molar-refractivity contribution in [2.45, 2.75) is 259 Å². The molecule has 0 spiro atoms. The maximum absolute atomic E-state index is 12.7. The number of ether oxygens (including phenoxy) is 1. The van der Waals surface area contributed by atoms with Gasteiger partial charge in [0.2, 0.25) is 0 Å². The summed E-state index contributed by atoms with van der Waals surface area (Å²) in [5.41, 5.74) is 0. The number of hydrogen-bond acceptors (Lipinski definition) is 3. The number of esters is 1. The SMILES string of the molecule is CCCCCCCCCCCCCCCC(CCCCCCCCCCCCCCCC(CC)CC)OC(=O)CCCN(C)C(C)C. The second kappa shape index (κ2) is 36.7. The highest BCUT2D eigenvalue weighted by Crippen LogP contribution is 2.20. The molecule has 282 valence electrons. The molecule has 0 aromatic carbocycles. The molecule has 0 saturated carbocycles. The Morgan fingerprint density at radius 3 is 1.17 bits per heavy atom. The first-order valence-electron chi connectivity index (χ1n) is 21.8. The summed E-state index contributed by atoms with van der Waals surface area (Å²) in [6.07, 6.45) is 44.0. The lowest BCUT2D eigenvalue weighted by atomic mass is 9.95. The van der Waals surface area contributed by atoms with E-state index in [9.17, 15) is 4.79 Å². The van der Waals surface area contributed by atoms with Crippen molar-refractivity contribution in [2.75, 3.05) is 13.6 Å². The third-order valence-corrected chi connectivity index (χ3v) is 11.0. The molecular formula is C44H89NO2. The molecule has 3 heteroatoms. The Morgan fingerprint density at radius 1 is 0.489 bits per heavy atom. The van der Waals surface area contributed by atoms with E-state index >= 15 is 0 Å². The van der Waals surface area contributed by atoms with E-state index in [1.807, 2.05) is 0 Å². The molecule has 0 bridgehead atoms. The van der Waals surface area contributed by atoms with Crippen molar-refractivity contribution < 1.29 is 9.53 Å². The van der Waals surface area contributed by atoms with Gasteiger partial charge < -0.3 is 9.64 Å². The predicted octanol–water partition coefficient (Wildman–Crippen LogP) is 14.8. The van der Waals surface area contributed by atoms with E-state index in [2.05, 4.69) is 46.6 Å². The van der Waals surface area contributed by atoms with Crippen molar-refractivity contribution in [2.24, 2.45) is 5.92 Å². The van der Waals surface area contributed by atoms with Crippen LogP contribution in [0.5, 0.6) is 0 Å². The summed E-state index contributed by atoms with van der Waals surface area (Å²) in [5, 5.41) is 0. The normalized spacial score (nSPS) is 12.5. The zero-order valence-corrected chi connectivity index (χ0v) is 33.5. The number of hydrogen-bond donors (Lipinski definition) is 0. The monoisotopic (exact) mass is 664 g/mol. The molecule has 0 aliphatic rings. The molecule has 0 N–H and O–H groups in total. The molecule has 0 radical (unpaired) electrons. The van der Waals surface area contributed by atoms with E-state index in [4.69, 9.17) is 4.74 Å². The maximum atomic E-state index is 12.7. The summed E-state index contributed by atoms with van der Waals surface area (Å²) in [4.78, 5) is 15.0. The number of carbonyl (C=O) groups is 1. The molecule has 0 fully saturated rings. The van der Waals surface area contributed by atoms with Crippen molar-refractivity contribution in [3.05, 3.63) is 0 Å². The summed E-state index contributed by atoms with van der Waals surface area (Å²) in [7, 11) is 2.14. The van der Waals surface area contributed by atoms with E-state index in [0.29, 0.717) is 12.5 Å². The molecule has 0 saturated heterocycles. The summed E-state index contributed by atoms with van der Waals surface area (Å²) >= 11 is 0. The number of unbranched alkanes of at least 4 members (excludes halogenated alkanes) is 24. The van der Waals surface area contributed by atoms with E-state index < -0.39 is 0 Å². The second-order valence-electron chi connectivity index (χ2n) is 15.7. The standard InChI is InChI=1S/C44H89NO2/c1-7-10-11-12-13-14-15-17-21-24-27-30-33-37-43(47-44(46)39-35-40-45(6)41(4)5)38-34-31-28-25-22-19-16-18-20-23-26-29-32-36-42(8-2)9-3/h41-43H,7-40H2,1-6H3. The third kappa shape index (κ3) is 33.7. The first-order valence-corrected chi connectivity index (χ1v) is 21.8. The highest BCUT2D eigenvalue weighted by Gasteiger charge is 2.15. The van der Waals surface area contributed by atoms with Crippen molar-refractivity contribution in [3.63, 3.8) is 0 Å². The number of rotatable bonds is 38. The topological polar surface area (TPSA) is 29.5 Å². The minimum absolute atomic E-state index is 0.0310. The minimum atomic E-state index is 0.0310. The van der Waals surface area contributed by atoms with Crippen LogP contribution in [0.3, 0.4) is 0 Å². The van der Waals surface area contributed by atoms with Gasteiger partial charge in [-0.05, 0) is 65.5 Å². The van der Waals surface area contributed by atoms with Crippen LogP contribution in [0.1, 0.15) is 247 Å². The molecule has 0 heterocycles.